The molecule has 0 aromatic heterocycles. The predicted octanol–water partition coefficient (Wildman–Crippen LogP) is -3.63. The Balaban J connectivity index is 0. The average molecular weight is 172 g/mol. The molecule has 0 aliphatic rings. The van der Waals surface area contributed by atoms with Crippen molar-refractivity contribution < 1.29 is 42.8 Å². The Morgan fingerprint density at radius 3 is 2.00 bits per heavy atom. The van der Waals surface area contributed by atoms with Gasteiger partial charge >= 0.3 is 37.7 Å². The summed E-state index contributed by atoms with van der Waals surface area (Å²) in [6, 6.07) is 12.9. The standard InChI is InChI=1S/C10H8O.CH3.2Li/c11-10-7-3-5-8-4-1-2-6-9(8)10;;;/h1-7,11H;1H3;;/q;-1;2*+1/p-1. The summed E-state index contributed by atoms with van der Waals surface area (Å²) in [5.74, 6) is 0.100. The first-order valence-electron chi connectivity index (χ1n) is 3.53. The molecule has 2 aromatic carbocycles. The van der Waals surface area contributed by atoms with E-state index in [0.717, 1.165) is 10.8 Å². The molecule has 0 radical (unpaired) electrons. The fourth-order valence-corrected chi connectivity index (χ4v) is 1.20. The number of hydrogen-bond donors (Lipinski definition) is 0. The van der Waals surface area contributed by atoms with Crippen LogP contribution in [0.1, 0.15) is 0 Å². The summed E-state index contributed by atoms with van der Waals surface area (Å²) < 4.78 is 0. The number of rotatable bonds is 0. The van der Waals surface area contributed by atoms with Crippen molar-refractivity contribution >= 4 is 10.8 Å². The molecule has 0 bridgehead atoms. The van der Waals surface area contributed by atoms with E-state index in [-0.39, 0.29) is 50.9 Å². The molecule has 0 atom stereocenters. The first kappa shape index (κ1) is 16.1. The Kier molecular flexibility index (Phi) is 8.12. The van der Waals surface area contributed by atoms with Crippen molar-refractivity contribution in [1.29, 1.82) is 0 Å². The zero-order chi connectivity index (χ0) is 7.68. The van der Waals surface area contributed by atoms with Crippen LogP contribution in [-0.2, 0) is 0 Å². The zero-order valence-corrected chi connectivity index (χ0v) is 8.95. The monoisotopic (exact) mass is 172 g/mol. The fraction of sp³-hybridized carbons (Fsp3) is 0. The molecule has 0 aliphatic heterocycles. The summed E-state index contributed by atoms with van der Waals surface area (Å²) in [6.07, 6.45) is 0. The molecule has 0 saturated heterocycles. The molecule has 2 aromatic rings. The maximum Gasteiger partial charge on any atom is 1.00 e. The Morgan fingerprint density at radius 1 is 0.786 bits per heavy atom. The second-order valence-electron chi connectivity index (χ2n) is 2.48. The Hall–Kier alpha value is -0.305. The molecule has 0 amide bonds. The number of benzene rings is 2. The molecule has 2 rings (SSSR count). The Morgan fingerprint density at radius 2 is 1.36 bits per heavy atom. The quantitative estimate of drug-likeness (QED) is 0.297. The summed E-state index contributed by atoms with van der Waals surface area (Å²) in [5.41, 5.74) is 0. The Labute approximate surface area is 109 Å². The molecule has 0 aliphatic carbocycles. The minimum atomic E-state index is 0. The van der Waals surface area contributed by atoms with Crippen LogP contribution in [0.5, 0.6) is 5.75 Å². The SMILES string of the molecule is [CH3-].[Li+].[Li+].[O-]c1cccc2ccccc12. The minimum Gasteiger partial charge on any atom is -0.872 e. The van der Waals surface area contributed by atoms with Crippen molar-refractivity contribution in [1.82, 2.24) is 0 Å². The van der Waals surface area contributed by atoms with Crippen molar-refractivity contribution in [2.45, 2.75) is 0 Å². The summed E-state index contributed by atoms with van der Waals surface area (Å²) in [6.45, 7) is 0. The van der Waals surface area contributed by atoms with Crippen molar-refractivity contribution in [3.05, 3.63) is 49.9 Å². The van der Waals surface area contributed by atoms with Gasteiger partial charge in [-0.15, -0.1) is 5.75 Å². The smallest absolute Gasteiger partial charge is 0.872 e. The van der Waals surface area contributed by atoms with E-state index in [1.165, 1.54) is 0 Å². The molecular weight excluding hydrogens is 162 g/mol. The fourth-order valence-electron chi connectivity index (χ4n) is 1.20. The number of fused-ring (bicyclic) bond motifs is 1. The second-order valence-corrected chi connectivity index (χ2v) is 2.48. The van der Waals surface area contributed by atoms with Crippen molar-refractivity contribution in [2.24, 2.45) is 0 Å². The van der Waals surface area contributed by atoms with Gasteiger partial charge in [-0.3, -0.25) is 0 Å². The van der Waals surface area contributed by atoms with Gasteiger partial charge in [-0.2, -0.15) is 0 Å². The molecule has 0 N–H and O–H groups in total. The minimum absolute atomic E-state index is 0. The van der Waals surface area contributed by atoms with Gasteiger partial charge in [0, 0.05) is 0 Å². The molecular formula is C11H10Li2O. The molecule has 1 nitrogen and oxygen atoms in total. The van der Waals surface area contributed by atoms with Gasteiger partial charge in [0.15, 0.2) is 0 Å². The van der Waals surface area contributed by atoms with Gasteiger partial charge in [-0.05, 0) is 10.8 Å². The van der Waals surface area contributed by atoms with Crippen LogP contribution in [-0.4, -0.2) is 0 Å². The van der Waals surface area contributed by atoms with Gasteiger partial charge in [-0.25, -0.2) is 0 Å². The van der Waals surface area contributed by atoms with Gasteiger partial charge in [0.2, 0.25) is 0 Å². The second kappa shape index (κ2) is 7.05. The zero-order valence-electron chi connectivity index (χ0n) is 8.95. The molecule has 0 saturated carbocycles. The van der Waals surface area contributed by atoms with Gasteiger partial charge < -0.3 is 12.5 Å². The van der Waals surface area contributed by atoms with Crippen LogP contribution in [0.2, 0.25) is 0 Å². The van der Waals surface area contributed by atoms with E-state index in [4.69, 9.17) is 0 Å². The van der Waals surface area contributed by atoms with Crippen molar-refractivity contribution in [2.75, 3.05) is 0 Å². The molecule has 14 heavy (non-hydrogen) atoms. The molecule has 0 unspecified atom stereocenters. The van der Waals surface area contributed by atoms with Crippen LogP contribution >= 0.6 is 0 Å². The predicted molar refractivity (Wildman–Crippen MR) is 49.8 cm³/mol. The van der Waals surface area contributed by atoms with Crippen LogP contribution in [0.4, 0.5) is 0 Å². The van der Waals surface area contributed by atoms with Crippen LogP contribution in [0.3, 0.4) is 0 Å². The Bertz CT molecular complexity index is 382. The number of hydrogen-bond acceptors (Lipinski definition) is 1. The van der Waals surface area contributed by atoms with Crippen molar-refractivity contribution in [3.63, 3.8) is 0 Å². The molecule has 0 fully saturated rings. The van der Waals surface area contributed by atoms with E-state index < -0.39 is 0 Å². The normalized spacial score (nSPS) is 8.00. The van der Waals surface area contributed by atoms with E-state index in [1.54, 1.807) is 12.1 Å². The van der Waals surface area contributed by atoms with Gasteiger partial charge in [0.05, 0.1) is 0 Å². The van der Waals surface area contributed by atoms with E-state index >= 15 is 0 Å². The van der Waals surface area contributed by atoms with E-state index in [1.807, 2.05) is 30.3 Å². The third-order valence-electron chi connectivity index (χ3n) is 1.75. The van der Waals surface area contributed by atoms with E-state index in [2.05, 4.69) is 0 Å². The van der Waals surface area contributed by atoms with Gasteiger partial charge in [-0.1, -0.05) is 42.5 Å². The van der Waals surface area contributed by atoms with E-state index in [0.29, 0.717) is 0 Å². The summed E-state index contributed by atoms with van der Waals surface area (Å²) in [7, 11) is 0. The van der Waals surface area contributed by atoms with E-state index in [9.17, 15) is 5.11 Å². The average Bonchev–Trinajstić information content (AvgIpc) is 2.06. The molecule has 62 valence electrons. The maximum atomic E-state index is 11.2. The van der Waals surface area contributed by atoms with Crippen LogP contribution < -0.4 is 42.8 Å². The third-order valence-corrected chi connectivity index (χ3v) is 1.75. The summed E-state index contributed by atoms with van der Waals surface area (Å²) in [4.78, 5) is 0. The maximum absolute atomic E-state index is 11.2. The van der Waals surface area contributed by atoms with Gasteiger partial charge in [0.1, 0.15) is 0 Å². The van der Waals surface area contributed by atoms with Crippen LogP contribution in [0, 0.1) is 7.43 Å². The van der Waals surface area contributed by atoms with Crippen molar-refractivity contribution in [3.8, 4) is 5.75 Å². The van der Waals surface area contributed by atoms with Crippen LogP contribution in [0.15, 0.2) is 42.5 Å². The summed E-state index contributed by atoms with van der Waals surface area (Å²) in [5, 5.41) is 13.0. The first-order valence-corrected chi connectivity index (χ1v) is 3.53. The third kappa shape index (κ3) is 3.12. The molecule has 3 heteroatoms. The van der Waals surface area contributed by atoms with Gasteiger partial charge in [0.25, 0.3) is 0 Å². The van der Waals surface area contributed by atoms with Crippen LogP contribution in [0.25, 0.3) is 10.8 Å². The molecule has 0 spiro atoms. The topological polar surface area (TPSA) is 23.1 Å². The summed E-state index contributed by atoms with van der Waals surface area (Å²) >= 11 is 0. The first-order chi connectivity index (χ1) is 5.38. The molecule has 0 heterocycles. The largest absolute Gasteiger partial charge is 1.00 e.